The van der Waals surface area contributed by atoms with E-state index in [4.69, 9.17) is 26.8 Å². The van der Waals surface area contributed by atoms with E-state index in [0.717, 1.165) is 16.2 Å². The zero-order valence-corrected chi connectivity index (χ0v) is 15.6. The molecule has 0 aliphatic carbocycles. The predicted molar refractivity (Wildman–Crippen MR) is 97.5 cm³/mol. The second kappa shape index (κ2) is 8.01. The first-order valence-electron chi connectivity index (χ1n) is 7.77. The number of carbonyl (C=O) groups excluding carboxylic acids is 1. The average molecular weight is 368 g/mol. The van der Waals surface area contributed by atoms with E-state index in [2.05, 4.69) is 0 Å². The highest BCUT2D eigenvalue weighted by atomic mass is 35.5. The number of hydrogen-bond donors (Lipinski definition) is 1. The lowest BCUT2D eigenvalue weighted by molar-refractivity contribution is -0.150. The molecule has 1 heterocycles. The number of nitrogens with two attached hydrogens (primary N) is 1. The van der Waals surface area contributed by atoms with Crippen LogP contribution in [0.2, 0.25) is 5.02 Å². The fraction of sp³-hybridized carbons (Fsp3) is 0.389. The summed E-state index contributed by atoms with van der Waals surface area (Å²) >= 11 is 7.56. The van der Waals surface area contributed by atoms with Gasteiger partial charge in [-0.15, -0.1) is 11.3 Å². The Morgan fingerprint density at radius 2 is 2.04 bits per heavy atom. The molecule has 0 radical (unpaired) electrons. The zero-order chi connectivity index (χ0) is 17.7. The first-order chi connectivity index (χ1) is 11.3. The smallest absolute Gasteiger partial charge is 0.307 e. The minimum atomic E-state index is -0.756. The molecule has 2 N–H and O–H groups in total. The molecule has 0 aliphatic heterocycles. The minimum Gasteiger partial charge on any atom is -0.482 e. The van der Waals surface area contributed by atoms with Crippen molar-refractivity contribution < 1.29 is 14.3 Å². The molecule has 0 fully saturated rings. The predicted octanol–water partition coefficient (Wildman–Crippen LogP) is 4.63. The summed E-state index contributed by atoms with van der Waals surface area (Å²) < 4.78 is 11.4. The summed E-state index contributed by atoms with van der Waals surface area (Å²) in [7, 11) is 0. The number of carbonyl (C=O) groups is 1. The summed E-state index contributed by atoms with van der Waals surface area (Å²) in [5.41, 5.74) is 6.41. The van der Waals surface area contributed by atoms with Gasteiger partial charge in [0, 0.05) is 23.1 Å². The molecule has 2 unspecified atom stereocenters. The fourth-order valence-electron chi connectivity index (χ4n) is 2.33. The molecule has 130 valence electrons. The normalized spacial score (nSPS) is 14.7. The van der Waals surface area contributed by atoms with Gasteiger partial charge in [-0.1, -0.05) is 36.2 Å². The van der Waals surface area contributed by atoms with Crippen molar-refractivity contribution in [1.29, 1.82) is 0 Å². The topological polar surface area (TPSA) is 61.5 Å². The molecule has 0 saturated heterocycles. The third-order valence-electron chi connectivity index (χ3n) is 3.61. The maximum absolute atomic E-state index is 11.5. The highest BCUT2D eigenvalue weighted by Crippen LogP contribution is 2.37. The first kappa shape index (κ1) is 18.8. The molecule has 0 spiro atoms. The van der Waals surface area contributed by atoms with Gasteiger partial charge in [0.15, 0.2) is 6.23 Å². The average Bonchev–Trinajstić information content (AvgIpc) is 2.96. The van der Waals surface area contributed by atoms with E-state index >= 15 is 0 Å². The number of benzene rings is 1. The Morgan fingerprint density at radius 1 is 1.38 bits per heavy atom. The van der Waals surface area contributed by atoms with Crippen LogP contribution in [0.1, 0.15) is 37.1 Å². The summed E-state index contributed by atoms with van der Waals surface area (Å²) in [6.45, 7) is 5.67. The Hall–Kier alpha value is -1.56. The van der Waals surface area contributed by atoms with E-state index in [9.17, 15) is 4.79 Å². The lowest BCUT2D eigenvalue weighted by Crippen LogP contribution is -2.39. The Balaban J connectivity index is 2.24. The number of halogens is 1. The van der Waals surface area contributed by atoms with E-state index in [1.54, 1.807) is 6.92 Å². The SMILES string of the molecule is CCC(=O)OC(N)CC(C)(Oc1ccc(C)cc1)c1cc(Cl)cs1. The number of ether oxygens (including phenoxy) is 2. The molecule has 24 heavy (non-hydrogen) atoms. The zero-order valence-electron chi connectivity index (χ0n) is 14.0. The lowest BCUT2D eigenvalue weighted by Gasteiger charge is -2.32. The number of hydrogen-bond acceptors (Lipinski definition) is 5. The number of rotatable bonds is 7. The van der Waals surface area contributed by atoms with Crippen LogP contribution < -0.4 is 10.5 Å². The molecule has 4 nitrogen and oxygen atoms in total. The van der Waals surface area contributed by atoms with Gasteiger partial charge in [0.25, 0.3) is 0 Å². The second-order valence-corrected chi connectivity index (χ2v) is 7.21. The monoisotopic (exact) mass is 367 g/mol. The molecule has 0 saturated carbocycles. The van der Waals surface area contributed by atoms with Crippen molar-refractivity contribution in [1.82, 2.24) is 0 Å². The molecule has 1 aromatic heterocycles. The van der Waals surface area contributed by atoms with Gasteiger partial charge < -0.3 is 9.47 Å². The first-order valence-corrected chi connectivity index (χ1v) is 9.03. The molecular weight excluding hydrogens is 346 g/mol. The lowest BCUT2D eigenvalue weighted by atomic mass is 9.98. The summed E-state index contributed by atoms with van der Waals surface area (Å²) in [5.74, 6) is 0.394. The van der Waals surface area contributed by atoms with Crippen molar-refractivity contribution in [2.24, 2.45) is 5.73 Å². The Bertz CT molecular complexity index is 686. The molecule has 2 rings (SSSR count). The van der Waals surface area contributed by atoms with Crippen molar-refractivity contribution in [3.05, 3.63) is 51.2 Å². The highest BCUT2D eigenvalue weighted by molar-refractivity contribution is 7.10. The van der Waals surface area contributed by atoms with Crippen molar-refractivity contribution in [2.45, 2.75) is 45.4 Å². The molecule has 0 bridgehead atoms. The van der Waals surface area contributed by atoms with Crippen LogP contribution in [0.15, 0.2) is 35.7 Å². The summed E-state index contributed by atoms with van der Waals surface area (Å²) in [5, 5.41) is 2.49. The maximum atomic E-state index is 11.5. The number of thiophene rings is 1. The van der Waals surface area contributed by atoms with Crippen LogP contribution in [-0.4, -0.2) is 12.2 Å². The number of esters is 1. The quantitative estimate of drug-likeness (QED) is 0.572. The van der Waals surface area contributed by atoms with Crippen molar-refractivity contribution in [3.63, 3.8) is 0 Å². The van der Waals surface area contributed by atoms with Crippen LogP contribution in [0.4, 0.5) is 0 Å². The summed E-state index contributed by atoms with van der Waals surface area (Å²) in [4.78, 5) is 12.4. The minimum absolute atomic E-state index is 0.286. The molecule has 6 heteroatoms. The van der Waals surface area contributed by atoms with Gasteiger partial charge in [-0.05, 0) is 32.0 Å². The van der Waals surface area contributed by atoms with Crippen LogP contribution >= 0.6 is 22.9 Å². The van der Waals surface area contributed by atoms with Crippen LogP contribution in [0.3, 0.4) is 0 Å². The van der Waals surface area contributed by atoms with Crippen LogP contribution in [0.5, 0.6) is 5.75 Å². The van der Waals surface area contributed by atoms with Gasteiger partial charge >= 0.3 is 5.97 Å². The Morgan fingerprint density at radius 3 is 2.58 bits per heavy atom. The van der Waals surface area contributed by atoms with Gasteiger partial charge in [-0.25, -0.2) is 0 Å². The highest BCUT2D eigenvalue weighted by Gasteiger charge is 2.34. The molecule has 0 amide bonds. The Kier molecular flexibility index (Phi) is 6.27. The summed E-state index contributed by atoms with van der Waals surface area (Å²) in [6, 6.07) is 9.63. The maximum Gasteiger partial charge on any atom is 0.307 e. The second-order valence-electron chi connectivity index (χ2n) is 5.86. The van der Waals surface area contributed by atoms with E-state index in [1.165, 1.54) is 11.3 Å². The van der Waals surface area contributed by atoms with Gasteiger partial charge in [0.05, 0.1) is 5.02 Å². The van der Waals surface area contributed by atoms with Gasteiger partial charge in [0.1, 0.15) is 11.4 Å². The van der Waals surface area contributed by atoms with Gasteiger partial charge in [-0.2, -0.15) is 0 Å². The third kappa shape index (κ3) is 4.97. The van der Waals surface area contributed by atoms with Gasteiger partial charge in [0.2, 0.25) is 0 Å². The van der Waals surface area contributed by atoms with Crippen molar-refractivity contribution in [2.75, 3.05) is 0 Å². The molecule has 2 aromatic rings. The number of aryl methyl sites for hydroxylation is 1. The van der Waals surface area contributed by atoms with E-state index in [-0.39, 0.29) is 12.4 Å². The molecule has 2 atom stereocenters. The van der Waals surface area contributed by atoms with E-state index in [0.29, 0.717) is 11.4 Å². The summed E-state index contributed by atoms with van der Waals surface area (Å²) in [6.07, 6.45) is -0.147. The van der Waals surface area contributed by atoms with Crippen LogP contribution in [0, 0.1) is 6.92 Å². The molecule has 0 aliphatic rings. The van der Waals surface area contributed by atoms with Gasteiger partial charge in [-0.3, -0.25) is 10.5 Å². The van der Waals surface area contributed by atoms with Crippen LogP contribution in [0.25, 0.3) is 0 Å². The fourth-order valence-corrected chi connectivity index (χ4v) is 3.51. The van der Waals surface area contributed by atoms with Crippen molar-refractivity contribution >= 4 is 28.9 Å². The third-order valence-corrected chi connectivity index (χ3v) is 5.14. The van der Waals surface area contributed by atoms with E-state index in [1.807, 2.05) is 49.6 Å². The molecular formula is C18H22ClNO3S. The largest absolute Gasteiger partial charge is 0.482 e. The molecule has 1 aromatic carbocycles. The standard InChI is InChI=1S/C18H22ClNO3S/c1-4-17(21)22-16(20)10-18(3,15-9-13(19)11-24-15)23-14-7-5-12(2)6-8-14/h5-9,11,16H,4,10,20H2,1-3H3. The van der Waals surface area contributed by atoms with E-state index < -0.39 is 11.8 Å². The van der Waals surface area contributed by atoms with Crippen molar-refractivity contribution in [3.8, 4) is 5.75 Å². The van der Waals surface area contributed by atoms with Crippen LogP contribution in [-0.2, 0) is 15.1 Å². The Labute approximate surface area is 151 Å².